The monoisotopic (exact) mass is 498 g/mol. The molecule has 1 aliphatic rings. The van der Waals surface area contributed by atoms with Gasteiger partial charge < -0.3 is 9.15 Å². The Morgan fingerprint density at radius 1 is 0.895 bits per heavy atom. The average Bonchev–Trinajstić information content (AvgIpc) is 3.57. The largest absolute Gasteiger partial charge is 0.465 e. The Morgan fingerprint density at radius 2 is 1.71 bits per heavy atom. The molecule has 0 bridgehead atoms. The molecule has 5 aromatic rings. The predicted molar refractivity (Wildman–Crippen MR) is 147 cm³/mol. The van der Waals surface area contributed by atoms with Gasteiger partial charge in [-0.2, -0.15) is 0 Å². The summed E-state index contributed by atoms with van der Waals surface area (Å²) in [6, 6.07) is 30.1. The summed E-state index contributed by atoms with van der Waals surface area (Å²) in [4.78, 5) is 31.6. The van der Waals surface area contributed by atoms with Crippen LogP contribution in [0.1, 0.15) is 21.7 Å². The molecule has 6 nitrogen and oxygen atoms in total. The number of hydrogen-bond acceptors (Lipinski definition) is 5. The van der Waals surface area contributed by atoms with E-state index in [1.54, 1.807) is 41.4 Å². The Hall–Kier alpha value is -5.23. The number of hydrogen-bond donors (Lipinski definition) is 0. The summed E-state index contributed by atoms with van der Waals surface area (Å²) in [7, 11) is 1.35. The Balaban J connectivity index is 1.36. The number of ether oxygens (including phenoxy) is 1. The third-order valence-electron chi connectivity index (χ3n) is 6.41. The molecule has 0 fully saturated rings. The van der Waals surface area contributed by atoms with Gasteiger partial charge in [-0.25, -0.2) is 4.79 Å². The van der Waals surface area contributed by atoms with E-state index in [9.17, 15) is 9.59 Å². The number of esters is 1. The molecule has 3 aromatic carbocycles. The molecule has 0 N–H and O–H groups in total. The van der Waals surface area contributed by atoms with Crippen molar-refractivity contribution < 1.29 is 18.7 Å². The van der Waals surface area contributed by atoms with E-state index in [0.717, 1.165) is 33.4 Å². The van der Waals surface area contributed by atoms with Gasteiger partial charge in [0.25, 0.3) is 5.91 Å². The molecule has 0 unspecified atom stereocenters. The zero-order valence-electron chi connectivity index (χ0n) is 20.5. The van der Waals surface area contributed by atoms with Gasteiger partial charge in [0.1, 0.15) is 11.5 Å². The Kier molecular flexibility index (Phi) is 5.90. The van der Waals surface area contributed by atoms with Crippen molar-refractivity contribution in [1.82, 2.24) is 4.98 Å². The number of rotatable bonds is 5. The summed E-state index contributed by atoms with van der Waals surface area (Å²) in [5.74, 6) is 0.639. The highest BCUT2D eigenvalue weighted by Gasteiger charge is 2.30. The Morgan fingerprint density at radius 3 is 2.50 bits per heavy atom. The van der Waals surface area contributed by atoms with Crippen LogP contribution in [0.4, 0.5) is 5.69 Å². The van der Waals surface area contributed by atoms with E-state index < -0.39 is 5.97 Å². The number of methoxy groups -OCH3 is 1. The van der Waals surface area contributed by atoms with E-state index in [-0.39, 0.29) is 5.91 Å². The van der Waals surface area contributed by atoms with Crippen LogP contribution in [0.5, 0.6) is 0 Å². The molecule has 0 aliphatic carbocycles. The van der Waals surface area contributed by atoms with Crippen molar-refractivity contribution in [3.05, 3.63) is 132 Å². The van der Waals surface area contributed by atoms with Gasteiger partial charge in [-0.05, 0) is 66.2 Å². The summed E-state index contributed by atoms with van der Waals surface area (Å²) in [6.45, 7) is 0. The molecule has 1 aliphatic heterocycles. The van der Waals surface area contributed by atoms with E-state index in [0.29, 0.717) is 22.7 Å². The minimum atomic E-state index is -0.394. The standard InChI is InChI=1S/C32H22N2O4/c1-37-32(36)23-11-9-22(10-12-23)30-16-14-27(38-30)19-25-20-29(21-6-3-2-4-7-21)34(31(25)35)26-13-15-28-24(18-26)8-5-17-33-28/h2-20H,1H3/b25-19+. The number of anilines is 1. The zero-order chi connectivity index (χ0) is 26.1. The molecule has 0 atom stereocenters. The molecule has 0 spiro atoms. The summed E-state index contributed by atoms with van der Waals surface area (Å²) < 4.78 is 10.8. The van der Waals surface area contributed by atoms with Crippen LogP contribution in [0, 0.1) is 0 Å². The molecule has 1 amide bonds. The number of pyridine rings is 1. The highest BCUT2D eigenvalue weighted by atomic mass is 16.5. The van der Waals surface area contributed by atoms with Gasteiger partial charge in [0.05, 0.1) is 23.9 Å². The second kappa shape index (κ2) is 9.67. The molecule has 184 valence electrons. The molecule has 6 heteroatoms. The van der Waals surface area contributed by atoms with E-state index in [2.05, 4.69) is 4.98 Å². The first-order valence-electron chi connectivity index (χ1n) is 12.1. The van der Waals surface area contributed by atoms with E-state index in [4.69, 9.17) is 9.15 Å². The van der Waals surface area contributed by atoms with Crippen molar-refractivity contribution in [2.75, 3.05) is 12.0 Å². The molecule has 0 radical (unpaired) electrons. The topological polar surface area (TPSA) is 72.6 Å². The number of fused-ring (bicyclic) bond motifs is 1. The second-order valence-corrected chi connectivity index (χ2v) is 8.79. The van der Waals surface area contributed by atoms with Crippen LogP contribution in [0.2, 0.25) is 0 Å². The second-order valence-electron chi connectivity index (χ2n) is 8.79. The van der Waals surface area contributed by atoms with Gasteiger partial charge in [0.15, 0.2) is 0 Å². The van der Waals surface area contributed by atoms with E-state index in [1.165, 1.54) is 7.11 Å². The molecule has 0 saturated carbocycles. The van der Waals surface area contributed by atoms with Crippen LogP contribution in [0.15, 0.2) is 119 Å². The fourth-order valence-corrected chi connectivity index (χ4v) is 4.52. The molecular weight excluding hydrogens is 476 g/mol. The molecule has 6 rings (SSSR count). The Bertz CT molecular complexity index is 1730. The lowest BCUT2D eigenvalue weighted by Gasteiger charge is -2.21. The first kappa shape index (κ1) is 23.2. The zero-order valence-corrected chi connectivity index (χ0v) is 20.5. The summed E-state index contributed by atoms with van der Waals surface area (Å²) >= 11 is 0. The maximum Gasteiger partial charge on any atom is 0.337 e. The third-order valence-corrected chi connectivity index (χ3v) is 6.41. The van der Waals surface area contributed by atoms with Gasteiger partial charge in [0, 0.05) is 28.4 Å². The lowest BCUT2D eigenvalue weighted by Crippen LogP contribution is -2.24. The van der Waals surface area contributed by atoms with Gasteiger partial charge in [-0.3, -0.25) is 14.7 Å². The van der Waals surface area contributed by atoms with Crippen LogP contribution in [0.25, 0.3) is 34.0 Å². The van der Waals surface area contributed by atoms with Gasteiger partial charge in [0.2, 0.25) is 0 Å². The van der Waals surface area contributed by atoms with Gasteiger partial charge >= 0.3 is 5.97 Å². The van der Waals surface area contributed by atoms with Crippen molar-refractivity contribution in [3.63, 3.8) is 0 Å². The van der Waals surface area contributed by atoms with Crippen molar-refractivity contribution in [2.45, 2.75) is 0 Å². The third kappa shape index (κ3) is 4.29. The highest BCUT2D eigenvalue weighted by molar-refractivity contribution is 6.23. The minimum Gasteiger partial charge on any atom is -0.465 e. The quantitative estimate of drug-likeness (QED) is 0.198. The summed E-state index contributed by atoms with van der Waals surface area (Å²) in [6.07, 6.45) is 5.39. The molecule has 0 saturated heterocycles. The van der Waals surface area contributed by atoms with Crippen LogP contribution >= 0.6 is 0 Å². The SMILES string of the molecule is COC(=O)c1ccc(-c2ccc(/C=C3\C=C(c4ccccc4)N(c4ccc5ncccc5c4)C3=O)o2)cc1. The molecular formula is C32H22N2O4. The number of furan rings is 1. The number of carbonyl (C=O) groups excluding carboxylic acids is 2. The van der Waals surface area contributed by atoms with Crippen LogP contribution < -0.4 is 4.90 Å². The van der Waals surface area contributed by atoms with E-state index in [1.807, 2.05) is 78.9 Å². The highest BCUT2D eigenvalue weighted by Crippen LogP contribution is 2.36. The van der Waals surface area contributed by atoms with Crippen molar-refractivity contribution in [2.24, 2.45) is 0 Å². The lowest BCUT2D eigenvalue weighted by atomic mass is 10.1. The van der Waals surface area contributed by atoms with E-state index >= 15 is 0 Å². The number of nitrogens with zero attached hydrogens (tertiary/aromatic N) is 2. The molecule has 2 aromatic heterocycles. The molecule has 38 heavy (non-hydrogen) atoms. The van der Waals surface area contributed by atoms with Crippen molar-refractivity contribution in [3.8, 4) is 11.3 Å². The fourth-order valence-electron chi connectivity index (χ4n) is 4.52. The van der Waals surface area contributed by atoms with Crippen molar-refractivity contribution >= 4 is 40.2 Å². The smallest absolute Gasteiger partial charge is 0.337 e. The minimum absolute atomic E-state index is 0.146. The maximum absolute atomic E-state index is 13.7. The summed E-state index contributed by atoms with van der Waals surface area (Å²) in [5, 5.41) is 0.955. The van der Waals surface area contributed by atoms with Gasteiger partial charge in [-0.1, -0.05) is 48.5 Å². The number of benzene rings is 3. The lowest BCUT2D eigenvalue weighted by molar-refractivity contribution is -0.113. The maximum atomic E-state index is 13.7. The number of aromatic nitrogens is 1. The first-order chi connectivity index (χ1) is 18.6. The first-order valence-corrected chi connectivity index (χ1v) is 12.1. The predicted octanol–water partition coefficient (Wildman–Crippen LogP) is 6.75. The fraction of sp³-hybridized carbons (Fsp3) is 0.0312. The van der Waals surface area contributed by atoms with Gasteiger partial charge in [-0.15, -0.1) is 0 Å². The summed E-state index contributed by atoms with van der Waals surface area (Å²) in [5.41, 5.74) is 5.14. The van der Waals surface area contributed by atoms with Crippen LogP contribution in [0.3, 0.4) is 0 Å². The molecule has 3 heterocycles. The normalized spacial score (nSPS) is 14.2. The average molecular weight is 499 g/mol. The van der Waals surface area contributed by atoms with Crippen LogP contribution in [-0.2, 0) is 9.53 Å². The number of carbonyl (C=O) groups is 2. The van der Waals surface area contributed by atoms with Crippen molar-refractivity contribution in [1.29, 1.82) is 0 Å². The number of amides is 1. The van der Waals surface area contributed by atoms with Crippen LogP contribution in [-0.4, -0.2) is 24.0 Å². The Labute approximate surface area is 219 Å².